The van der Waals surface area contributed by atoms with Gasteiger partial charge in [0.05, 0.1) is 50.2 Å². The zero-order chi connectivity index (χ0) is 27.1. The Kier molecular flexibility index (Phi) is 6.59. The van der Waals surface area contributed by atoms with E-state index >= 15 is 0 Å². The summed E-state index contributed by atoms with van der Waals surface area (Å²) in [4.78, 5) is 31.8. The van der Waals surface area contributed by atoms with Crippen molar-refractivity contribution in [1.29, 1.82) is 0 Å². The number of β-amino-alcohol motifs (C(OH)–C–C–N with tert-alkyl or cyclic N) is 1. The highest BCUT2D eigenvalue weighted by Crippen LogP contribution is 2.41. The van der Waals surface area contributed by atoms with Gasteiger partial charge in [0.1, 0.15) is 0 Å². The second-order valence-corrected chi connectivity index (χ2v) is 9.77. The number of nitrogens with zero attached hydrogens (tertiary/aromatic N) is 2. The van der Waals surface area contributed by atoms with Crippen molar-refractivity contribution in [3.05, 3.63) is 59.9 Å². The zero-order valence-corrected chi connectivity index (χ0v) is 21.8. The van der Waals surface area contributed by atoms with E-state index in [1.165, 1.54) is 0 Å². The van der Waals surface area contributed by atoms with Crippen LogP contribution in [0.5, 0.6) is 11.5 Å². The number of benzene rings is 2. The van der Waals surface area contributed by atoms with E-state index in [1.807, 2.05) is 47.2 Å². The summed E-state index contributed by atoms with van der Waals surface area (Å²) in [5.74, 6) is 0.102. The highest BCUT2D eigenvalue weighted by Gasteiger charge is 2.35. The number of imide groups is 1. The molecule has 10 heteroatoms. The van der Waals surface area contributed by atoms with Crippen LogP contribution < -0.4 is 14.8 Å². The number of rotatable bonds is 8. The normalized spacial score (nSPS) is 17.3. The second kappa shape index (κ2) is 10.2. The molecular formula is C29H30N4O6. The van der Waals surface area contributed by atoms with Gasteiger partial charge in [0.15, 0.2) is 11.5 Å². The number of amides is 2. The Morgan fingerprint density at radius 3 is 2.38 bits per heavy atom. The van der Waals surface area contributed by atoms with Crippen LogP contribution in [0.25, 0.3) is 33.0 Å². The third-order valence-corrected chi connectivity index (χ3v) is 7.43. The molecule has 0 spiro atoms. The van der Waals surface area contributed by atoms with E-state index in [2.05, 4.69) is 15.2 Å². The SMILES string of the molecule is COc1cc2c(C3=C(c4c[nH]c5ccccc45)C(=O)NC3=O)cn(CC(O)CN3CCOCC3)c2cc1OC. The standard InChI is InChI=1S/C29H30N4O6/c1-37-24-11-19-21(27-26(28(35)31-29(27)36)20-13-30-22-6-4-3-5-18(20)22)16-33(23(19)12-25(24)38-2)15-17(34)14-32-7-9-39-10-8-32/h3-6,11-13,16-17,30,34H,7-10,14-15H2,1-2H3,(H,31,35,36). The van der Waals surface area contributed by atoms with Crippen LogP contribution in [0.1, 0.15) is 11.1 Å². The van der Waals surface area contributed by atoms with Gasteiger partial charge in [-0.1, -0.05) is 18.2 Å². The summed E-state index contributed by atoms with van der Waals surface area (Å²) in [5, 5.41) is 15.1. The lowest BCUT2D eigenvalue weighted by atomic mass is 9.95. The second-order valence-electron chi connectivity index (χ2n) is 9.77. The fourth-order valence-corrected chi connectivity index (χ4v) is 5.58. The van der Waals surface area contributed by atoms with E-state index in [1.54, 1.807) is 20.4 Å². The molecule has 1 atom stereocenters. The molecule has 39 heavy (non-hydrogen) atoms. The lowest BCUT2D eigenvalue weighted by molar-refractivity contribution is -0.122. The molecule has 6 rings (SSSR count). The number of aromatic nitrogens is 2. The molecule has 3 N–H and O–H groups in total. The molecule has 0 aliphatic carbocycles. The maximum absolute atomic E-state index is 13.3. The number of aliphatic hydroxyl groups excluding tert-OH is 1. The van der Waals surface area contributed by atoms with E-state index in [4.69, 9.17) is 14.2 Å². The average Bonchev–Trinajstić information content (AvgIpc) is 3.60. The number of carbonyl (C=O) groups excluding carboxylic acids is 2. The quantitative estimate of drug-likeness (QED) is 0.300. The first-order chi connectivity index (χ1) is 19.0. The smallest absolute Gasteiger partial charge is 0.259 e. The molecule has 0 bridgehead atoms. The predicted molar refractivity (Wildman–Crippen MR) is 147 cm³/mol. The van der Waals surface area contributed by atoms with Crippen molar-refractivity contribution in [3.63, 3.8) is 0 Å². The van der Waals surface area contributed by atoms with E-state index in [0.717, 1.165) is 29.5 Å². The van der Waals surface area contributed by atoms with Crippen molar-refractivity contribution >= 4 is 44.8 Å². The number of aliphatic hydroxyl groups is 1. The molecule has 4 aromatic rings. The maximum Gasteiger partial charge on any atom is 0.259 e. The van der Waals surface area contributed by atoms with Gasteiger partial charge in [-0.15, -0.1) is 0 Å². The predicted octanol–water partition coefficient (Wildman–Crippen LogP) is 2.40. The number of aromatic amines is 1. The van der Waals surface area contributed by atoms with Crippen LogP contribution >= 0.6 is 0 Å². The monoisotopic (exact) mass is 530 g/mol. The Morgan fingerprint density at radius 2 is 1.64 bits per heavy atom. The molecule has 2 aliphatic heterocycles. The first-order valence-corrected chi connectivity index (χ1v) is 12.9. The Morgan fingerprint density at radius 1 is 0.949 bits per heavy atom. The molecule has 2 aromatic carbocycles. The zero-order valence-electron chi connectivity index (χ0n) is 21.8. The first-order valence-electron chi connectivity index (χ1n) is 12.9. The molecule has 2 aliphatic rings. The van der Waals surface area contributed by atoms with Crippen LogP contribution in [0.4, 0.5) is 0 Å². The van der Waals surface area contributed by atoms with Gasteiger partial charge in [0.2, 0.25) is 0 Å². The number of hydrogen-bond donors (Lipinski definition) is 3. The summed E-state index contributed by atoms with van der Waals surface area (Å²) in [6, 6.07) is 11.3. The number of fused-ring (bicyclic) bond motifs is 2. The van der Waals surface area contributed by atoms with Crippen LogP contribution in [0.15, 0.2) is 48.8 Å². The van der Waals surface area contributed by atoms with Crippen molar-refractivity contribution in [2.45, 2.75) is 12.6 Å². The van der Waals surface area contributed by atoms with Crippen molar-refractivity contribution in [3.8, 4) is 11.5 Å². The fourth-order valence-electron chi connectivity index (χ4n) is 5.58. The van der Waals surface area contributed by atoms with Crippen LogP contribution in [0.3, 0.4) is 0 Å². The summed E-state index contributed by atoms with van der Waals surface area (Å²) in [7, 11) is 3.11. The molecule has 2 aromatic heterocycles. The number of carbonyl (C=O) groups is 2. The lowest BCUT2D eigenvalue weighted by Gasteiger charge is -2.28. The van der Waals surface area contributed by atoms with E-state index in [-0.39, 0.29) is 12.1 Å². The fraction of sp³-hybridized carbons (Fsp3) is 0.310. The number of hydrogen-bond acceptors (Lipinski definition) is 7. The molecular weight excluding hydrogens is 500 g/mol. The molecule has 0 radical (unpaired) electrons. The van der Waals surface area contributed by atoms with Gasteiger partial charge >= 0.3 is 0 Å². The van der Waals surface area contributed by atoms with E-state index < -0.39 is 17.9 Å². The number of methoxy groups -OCH3 is 2. The van der Waals surface area contributed by atoms with E-state index in [0.29, 0.717) is 53.3 Å². The summed E-state index contributed by atoms with van der Waals surface area (Å²) in [6.07, 6.45) is 2.92. The molecule has 1 saturated heterocycles. The number of nitrogens with one attached hydrogen (secondary N) is 2. The van der Waals surface area contributed by atoms with Crippen molar-refractivity contribution < 1.29 is 28.9 Å². The largest absolute Gasteiger partial charge is 0.493 e. The van der Waals surface area contributed by atoms with Gasteiger partial charge in [-0.25, -0.2) is 0 Å². The first kappa shape index (κ1) is 25.2. The minimum absolute atomic E-state index is 0.281. The minimum Gasteiger partial charge on any atom is -0.493 e. The number of para-hydroxylation sites is 1. The Bertz CT molecular complexity index is 1610. The molecule has 1 fully saturated rings. The van der Waals surface area contributed by atoms with Gasteiger partial charge in [0, 0.05) is 72.1 Å². The summed E-state index contributed by atoms with van der Waals surface area (Å²) >= 11 is 0. The van der Waals surface area contributed by atoms with Crippen LogP contribution in [0, 0.1) is 0 Å². The summed E-state index contributed by atoms with van der Waals surface area (Å²) < 4.78 is 18.5. The van der Waals surface area contributed by atoms with Crippen LogP contribution in [0.2, 0.25) is 0 Å². The molecule has 202 valence electrons. The van der Waals surface area contributed by atoms with Gasteiger partial charge in [-0.2, -0.15) is 0 Å². The Balaban J connectivity index is 1.51. The molecule has 4 heterocycles. The highest BCUT2D eigenvalue weighted by molar-refractivity contribution is 6.50. The van der Waals surface area contributed by atoms with Crippen molar-refractivity contribution in [1.82, 2.24) is 19.8 Å². The van der Waals surface area contributed by atoms with Gasteiger partial charge < -0.3 is 28.9 Å². The van der Waals surface area contributed by atoms with Crippen LogP contribution in [-0.2, 0) is 20.9 Å². The molecule has 10 nitrogen and oxygen atoms in total. The third-order valence-electron chi connectivity index (χ3n) is 7.43. The van der Waals surface area contributed by atoms with Gasteiger partial charge in [-0.3, -0.25) is 19.8 Å². The average molecular weight is 531 g/mol. The number of H-pyrrole nitrogens is 1. The number of morpholine rings is 1. The summed E-state index contributed by atoms with van der Waals surface area (Å²) in [6.45, 7) is 3.61. The minimum atomic E-state index is -0.666. The maximum atomic E-state index is 13.3. The lowest BCUT2D eigenvalue weighted by Crippen LogP contribution is -2.41. The highest BCUT2D eigenvalue weighted by atomic mass is 16.5. The van der Waals surface area contributed by atoms with Crippen LogP contribution in [-0.4, -0.2) is 84.5 Å². The molecule has 0 saturated carbocycles. The molecule has 1 unspecified atom stereocenters. The molecule has 2 amide bonds. The Labute approximate surface area is 224 Å². The van der Waals surface area contributed by atoms with Gasteiger partial charge in [0.25, 0.3) is 11.8 Å². The van der Waals surface area contributed by atoms with Crippen molar-refractivity contribution in [2.24, 2.45) is 0 Å². The topological polar surface area (TPSA) is 118 Å². The van der Waals surface area contributed by atoms with Crippen molar-refractivity contribution in [2.75, 3.05) is 47.1 Å². The number of ether oxygens (including phenoxy) is 3. The van der Waals surface area contributed by atoms with E-state index in [9.17, 15) is 14.7 Å². The van der Waals surface area contributed by atoms with Gasteiger partial charge in [-0.05, 0) is 12.1 Å². The Hall–Kier alpha value is -4.12. The third kappa shape index (κ3) is 4.46. The summed E-state index contributed by atoms with van der Waals surface area (Å²) in [5.41, 5.74) is 3.43.